The summed E-state index contributed by atoms with van der Waals surface area (Å²) in [6.07, 6.45) is 3.77. The number of hydrogen-bond donors (Lipinski definition) is 0. The minimum absolute atomic E-state index is 0.143. The number of esters is 1. The van der Waals surface area contributed by atoms with Gasteiger partial charge < -0.3 is 19.1 Å². The molecule has 4 rings (SSSR count). The number of amides is 1. The van der Waals surface area contributed by atoms with Gasteiger partial charge in [0.25, 0.3) is 5.91 Å². The lowest BCUT2D eigenvalue weighted by molar-refractivity contribution is -0.157. The van der Waals surface area contributed by atoms with Gasteiger partial charge in [0.1, 0.15) is 13.2 Å². The number of nitrogens with zero attached hydrogens (tertiary/aromatic N) is 2. The van der Waals surface area contributed by atoms with Gasteiger partial charge in [-0.05, 0) is 51.2 Å². The summed E-state index contributed by atoms with van der Waals surface area (Å²) in [6, 6.07) is 4.77. The maximum absolute atomic E-state index is 13.0. The minimum atomic E-state index is -3.71. The normalized spacial score (nSPS) is 22.4. The second kappa shape index (κ2) is 9.66. The monoisotopic (exact) mass is 466 g/mol. The lowest BCUT2D eigenvalue weighted by Crippen LogP contribution is -2.45. The number of fused-ring (bicyclic) bond motifs is 1. The molecule has 10 heteroatoms. The van der Waals surface area contributed by atoms with Gasteiger partial charge in [-0.15, -0.1) is 0 Å². The smallest absolute Gasteiger partial charge is 0.309 e. The zero-order valence-electron chi connectivity index (χ0n) is 18.3. The van der Waals surface area contributed by atoms with Gasteiger partial charge in [0.15, 0.2) is 18.1 Å². The number of piperidine rings is 2. The zero-order chi connectivity index (χ0) is 22.7. The first kappa shape index (κ1) is 22.8. The third kappa shape index (κ3) is 4.85. The molecule has 3 aliphatic heterocycles. The van der Waals surface area contributed by atoms with Crippen molar-refractivity contribution >= 4 is 21.9 Å². The summed E-state index contributed by atoms with van der Waals surface area (Å²) >= 11 is 0. The Bertz CT molecular complexity index is 957. The van der Waals surface area contributed by atoms with E-state index >= 15 is 0 Å². The van der Waals surface area contributed by atoms with Crippen LogP contribution >= 0.6 is 0 Å². The fraction of sp³-hybridized carbons (Fsp3) is 0.636. The van der Waals surface area contributed by atoms with Crippen LogP contribution in [-0.4, -0.2) is 75.0 Å². The minimum Gasteiger partial charge on any atom is -0.486 e. The molecule has 2 fully saturated rings. The Morgan fingerprint density at radius 2 is 1.75 bits per heavy atom. The standard InChI is InChI=1S/C22H30N2O7S/c1-16-4-2-3-9-24(16)21(25)15-31-22(26)17-7-10-23(11-8-17)32(27,28)18-5-6-19-20(14-18)30-13-12-29-19/h5-6,14,16-17H,2-4,7-13,15H2,1H3/t16-/m0/s1. The predicted molar refractivity (Wildman–Crippen MR) is 115 cm³/mol. The van der Waals surface area contributed by atoms with Gasteiger partial charge in [0.05, 0.1) is 10.8 Å². The van der Waals surface area contributed by atoms with E-state index in [4.69, 9.17) is 14.2 Å². The average molecular weight is 467 g/mol. The Hall–Kier alpha value is -2.33. The van der Waals surface area contributed by atoms with Crippen LogP contribution in [-0.2, 0) is 24.3 Å². The Labute approximate surface area is 188 Å². The van der Waals surface area contributed by atoms with Crippen LogP contribution in [0.1, 0.15) is 39.0 Å². The third-order valence-corrected chi connectivity index (χ3v) is 8.29. The summed E-state index contributed by atoms with van der Waals surface area (Å²) < 4.78 is 43.7. The van der Waals surface area contributed by atoms with Crippen molar-refractivity contribution in [2.45, 2.75) is 50.0 Å². The summed E-state index contributed by atoms with van der Waals surface area (Å²) in [7, 11) is -3.71. The SMILES string of the molecule is C[C@H]1CCCCN1C(=O)COC(=O)C1CCN(S(=O)(=O)c2ccc3c(c2)OCCO3)CC1. The molecule has 0 radical (unpaired) electrons. The van der Waals surface area contributed by atoms with E-state index in [9.17, 15) is 18.0 Å². The largest absolute Gasteiger partial charge is 0.486 e. The van der Waals surface area contributed by atoms with Gasteiger partial charge in [-0.1, -0.05) is 0 Å². The molecule has 1 atom stereocenters. The van der Waals surface area contributed by atoms with Crippen LogP contribution in [0.2, 0.25) is 0 Å². The molecule has 0 bridgehead atoms. The molecule has 32 heavy (non-hydrogen) atoms. The van der Waals surface area contributed by atoms with E-state index in [1.165, 1.54) is 16.4 Å². The van der Waals surface area contributed by atoms with Gasteiger partial charge in [-0.2, -0.15) is 4.31 Å². The van der Waals surface area contributed by atoms with E-state index in [-0.39, 0.29) is 36.5 Å². The molecule has 0 saturated carbocycles. The van der Waals surface area contributed by atoms with Crippen molar-refractivity contribution in [3.63, 3.8) is 0 Å². The fourth-order valence-corrected chi connectivity index (χ4v) is 5.95. The first-order valence-electron chi connectivity index (χ1n) is 11.2. The third-order valence-electron chi connectivity index (χ3n) is 6.40. The summed E-state index contributed by atoms with van der Waals surface area (Å²) in [6.45, 7) is 3.71. The first-order chi connectivity index (χ1) is 15.4. The molecule has 3 aliphatic rings. The number of likely N-dealkylation sites (tertiary alicyclic amines) is 1. The van der Waals surface area contributed by atoms with Crippen LogP contribution in [0.3, 0.4) is 0 Å². The highest BCUT2D eigenvalue weighted by atomic mass is 32.2. The second-order valence-corrected chi connectivity index (χ2v) is 10.5. The number of rotatable bonds is 5. The highest BCUT2D eigenvalue weighted by Crippen LogP contribution is 2.34. The van der Waals surface area contributed by atoms with Crippen molar-refractivity contribution in [3.05, 3.63) is 18.2 Å². The molecule has 1 amide bonds. The molecular weight excluding hydrogens is 436 g/mol. The van der Waals surface area contributed by atoms with Crippen molar-refractivity contribution < 1.29 is 32.2 Å². The molecule has 1 aromatic rings. The lowest BCUT2D eigenvalue weighted by Gasteiger charge is -2.33. The number of carbonyl (C=O) groups excluding carboxylic acids is 2. The molecule has 1 aromatic carbocycles. The molecule has 3 heterocycles. The van der Waals surface area contributed by atoms with Crippen LogP contribution in [0.4, 0.5) is 0 Å². The van der Waals surface area contributed by atoms with Crippen LogP contribution in [0, 0.1) is 5.92 Å². The molecule has 2 saturated heterocycles. The molecule has 0 aliphatic carbocycles. The summed E-state index contributed by atoms with van der Waals surface area (Å²) in [5.74, 6) is -0.0505. The number of benzene rings is 1. The van der Waals surface area contributed by atoms with E-state index in [0.29, 0.717) is 44.1 Å². The van der Waals surface area contributed by atoms with Crippen molar-refractivity contribution in [1.82, 2.24) is 9.21 Å². The van der Waals surface area contributed by atoms with E-state index in [1.807, 2.05) is 6.92 Å². The van der Waals surface area contributed by atoms with Gasteiger partial charge in [0.2, 0.25) is 10.0 Å². The number of sulfonamides is 1. The van der Waals surface area contributed by atoms with Gasteiger partial charge in [-0.3, -0.25) is 9.59 Å². The summed E-state index contributed by atoms with van der Waals surface area (Å²) in [4.78, 5) is 26.8. The number of carbonyl (C=O) groups is 2. The maximum Gasteiger partial charge on any atom is 0.309 e. The zero-order valence-corrected chi connectivity index (χ0v) is 19.1. The van der Waals surface area contributed by atoms with Gasteiger partial charge >= 0.3 is 5.97 Å². The van der Waals surface area contributed by atoms with Gasteiger partial charge in [0, 0.05) is 31.7 Å². The van der Waals surface area contributed by atoms with Crippen molar-refractivity contribution in [3.8, 4) is 11.5 Å². The van der Waals surface area contributed by atoms with Crippen LogP contribution in [0.5, 0.6) is 11.5 Å². The van der Waals surface area contributed by atoms with E-state index < -0.39 is 21.9 Å². The van der Waals surface area contributed by atoms with Crippen LogP contribution < -0.4 is 9.47 Å². The molecule has 0 N–H and O–H groups in total. The van der Waals surface area contributed by atoms with Crippen LogP contribution in [0.15, 0.2) is 23.1 Å². The van der Waals surface area contributed by atoms with Crippen LogP contribution in [0.25, 0.3) is 0 Å². The summed E-state index contributed by atoms with van der Waals surface area (Å²) in [5, 5.41) is 0. The molecule has 0 spiro atoms. The van der Waals surface area contributed by atoms with E-state index in [1.54, 1.807) is 11.0 Å². The predicted octanol–water partition coefficient (Wildman–Crippen LogP) is 1.80. The molecule has 176 valence electrons. The van der Waals surface area contributed by atoms with Crippen molar-refractivity contribution in [2.75, 3.05) is 39.5 Å². The first-order valence-corrected chi connectivity index (χ1v) is 12.7. The Morgan fingerprint density at radius 1 is 1.03 bits per heavy atom. The topological polar surface area (TPSA) is 102 Å². The lowest BCUT2D eigenvalue weighted by atomic mass is 9.98. The number of hydrogen-bond acceptors (Lipinski definition) is 7. The highest BCUT2D eigenvalue weighted by Gasteiger charge is 2.34. The van der Waals surface area contributed by atoms with Crippen molar-refractivity contribution in [1.29, 1.82) is 0 Å². The van der Waals surface area contributed by atoms with Gasteiger partial charge in [-0.25, -0.2) is 8.42 Å². The van der Waals surface area contributed by atoms with Crippen molar-refractivity contribution in [2.24, 2.45) is 5.92 Å². The Balaban J connectivity index is 1.29. The number of ether oxygens (including phenoxy) is 3. The Kier molecular flexibility index (Phi) is 6.90. The molecule has 0 aromatic heterocycles. The van der Waals surface area contributed by atoms with E-state index in [0.717, 1.165) is 19.3 Å². The van der Waals surface area contributed by atoms with E-state index in [2.05, 4.69) is 0 Å². The Morgan fingerprint density at radius 3 is 2.47 bits per heavy atom. The highest BCUT2D eigenvalue weighted by molar-refractivity contribution is 7.89. The average Bonchev–Trinajstić information content (AvgIpc) is 2.82. The molecular formula is C22H30N2O7S. The second-order valence-electron chi connectivity index (χ2n) is 8.52. The molecule has 9 nitrogen and oxygen atoms in total. The maximum atomic E-state index is 13.0. The molecule has 0 unspecified atom stereocenters. The quantitative estimate of drug-likeness (QED) is 0.610. The fourth-order valence-electron chi connectivity index (χ4n) is 4.47. The summed E-state index contributed by atoms with van der Waals surface area (Å²) in [5.41, 5.74) is 0.